The van der Waals surface area contributed by atoms with Gasteiger partial charge in [0.05, 0.1) is 12.7 Å². The van der Waals surface area contributed by atoms with Gasteiger partial charge in [0, 0.05) is 13.1 Å². The minimum Gasteiger partial charge on any atom is -0.480 e. The van der Waals surface area contributed by atoms with Crippen LogP contribution in [0.2, 0.25) is 0 Å². The molecule has 0 spiro atoms. The van der Waals surface area contributed by atoms with Crippen molar-refractivity contribution in [1.82, 2.24) is 11.1 Å². The zero-order valence-corrected chi connectivity index (χ0v) is 8.19. The molecule has 1 heterocycles. The number of nitrogens with zero attached hydrogens (tertiary/aromatic N) is 1. The highest BCUT2D eigenvalue weighted by atomic mass is 16.5. The number of rotatable bonds is 2. The van der Waals surface area contributed by atoms with Crippen molar-refractivity contribution in [2.24, 2.45) is 0 Å². The van der Waals surface area contributed by atoms with Crippen molar-refractivity contribution < 1.29 is 14.6 Å². The minimum atomic E-state index is -0.760. The van der Waals surface area contributed by atoms with E-state index < -0.39 is 12.0 Å². The van der Waals surface area contributed by atoms with Crippen molar-refractivity contribution in [3.05, 3.63) is 0 Å². The molecule has 0 aliphatic carbocycles. The summed E-state index contributed by atoms with van der Waals surface area (Å²) in [6.45, 7) is 5.74. The van der Waals surface area contributed by atoms with Crippen LogP contribution < -0.4 is 6.15 Å². The lowest BCUT2D eigenvalue weighted by molar-refractivity contribution is -0.145. The van der Waals surface area contributed by atoms with Crippen LogP contribution in [0.5, 0.6) is 0 Å². The Hall–Kier alpha value is -0.650. The SMILES string of the molecule is CC1CN(C(C)C(=O)O)CCO1.N. The van der Waals surface area contributed by atoms with E-state index in [0.717, 1.165) is 6.54 Å². The first kappa shape index (κ1) is 12.3. The third-order valence-corrected chi connectivity index (χ3v) is 2.18. The van der Waals surface area contributed by atoms with Crippen molar-refractivity contribution >= 4 is 5.97 Å². The van der Waals surface area contributed by atoms with Gasteiger partial charge in [-0.15, -0.1) is 0 Å². The molecule has 1 fully saturated rings. The average Bonchev–Trinajstić information content (AvgIpc) is 2.03. The molecule has 5 heteroatoms. The van der Waals surface area contributed by atoms with Gasteiger partial charge in [0.2, 0.25) is 0 Å². The number of hydrogen-bond acceptors (Lipinski definition) is 4. The Balaban J connectivity index is 0.00000144. The van der Waals surface area contributed by atoms with E-state index in [1.807, 2.05) is 11.8 Å². The van der Waals surface area contributed by atoms with Crippen molar-refractivity contribution in [3.8, 4) is 0 Å². The number of ether oxygens (including phenoxy) is 1. The van der Waals surface area contributed by atoms with Crippen molar-refractivity contribution in [3.63, 3.8) is 0 Å². The van der Waals surface area contributed by atoms with E-state index in [4.69, 9.17) is 9.84 Å². The maximum absolute atomic E-state index is 10.6. The zero-order valence-electron chi connectivity index (χ0n) is 8.19. The van der Waals surface area contributed by atoms with Gasteiger partial charge in [-0.25, -0.2) is 0 Å². The number of morpholine rings is 1. The molecule has 1 aliphatic rings. The van der Waals surface area contributed by atoms with E-state index in [-0.39, 0.29) is 12.3 Å². The predicted molar refractivity (Wildman–Crippen MR) is 49.1 cm³/mol. The molecule has 5 nitrogen and oxygen atoms in total. The third-order valence-electron chi connectivity index (χ3n) is 2.18. The Labute approximate surface area is 78.3 Å². The molecule has 1 saturated heterocycles. The molecule has 0 aromatic rings. The largest absolute Gasteiger partial charge is 0.480 e. The van der Waals surface area contributed by atoms with Gasteiger partial charge in [-0.2, -0.15) is 0 Å². The first-order valence-electron chi connectivity index (χ1n) is 4.19. The fraction of sp³-hybridized carbons (Fsp3) is 0.875. The lowest BCUT2D eigenvalue weighted by Gasteiger charge is -2.33. The van der Waals surface area contributed by atoms with E-state index in [1.54, 1.807) is 6.92 Å². The van der Waals surface area contributed by atoms with Gasteiger partial charge >= 0.3 is 5.97 Å². The van der Waals surface area contributed by atoms with Crippen LogP contribution in [0, 0.1) is 0 Å². The maximum atomic E-state index is 10.6. The van der Waals surface area contributed by atoms with Crippen LogP contribution in [-0.2, 0) is 9.53 Å². The van der Waals surface area contributed by atoms with Crippen molar-refractivity contribution in [2.75, 3.05) is 19.7 Å². The third kappa shape index (κ3) is 3.30. The van der Waals surface area contributed by atoms with E-state index in [0.29, 0.717) is 13.2 Å². The van der Waals surface area contributed by atoms with Crippen LogP contribution in [0.15, 0.2) is 0 Å². The number of aliphatic carboxylic acids is 1. The first-order valence-corrected chi connectivity index (χ1v) is 4.19. The highest BCUT2D eigenvalue weighted by Gasteiger charge is 2.25. The second-order valence-corrected chi connectivity index (χ2v) is 3.19. The van der Waals surface area contributed by atoms with Crippen molar-refractivity contribution in [1.29, 1.82) is 0 Å². The lowest BCUT2D eigenvalue weighted by atomic mass is 10.2. The van der Waals surface area contributed by atoms with Crippen LogP contribution >= 0.6 is 0 Å². The van der Waals surface area contributed by atoms with Gasteiger partial charge < -0.3 is 16.0 Å². The smallest absolute Gasteiger partial charge is 0.320 e. The van der Waals surface area contributed by atoms with Gasteiger partial charge in [-0.3, -0.25) is 9.69 Å². The normalized spacial score (nSPS) is 26.2. The van der Waals surface area contributed by atoms with E-state index in [9.17, 15) is 4.79 Å². The Morgan fingerprint density at radius 3 is 2.77 bits per heavy atom. The standard InChI is InChI=1S/C8H15NO3.H3N/c1-6-5-9(3-4-12-6)7(2)8(10)11;/h6-7H,3-5H2,1-2H3,(H,10,11);1H3. The molecule has 0 aromatic heterocycles. The molecular formula is C8H18N2O3. The molecule has 78 valence electrons. The molecule has 1 aliphatic heterocycles. The molecule has 0 aromatic carbocycles. The molecule has 2 atom stereocenters. The summed E-state index contributed by atoms with van der Waals surface area (Å²) in [7, 11) is 0. The van der Waals surface area contributed by atoms with Crippen LogP contribution in [0.25, 0.3) is 0 Å². The summed E-state index contributed by atoms with van der Waals surface area (Å²) >= 11 is 0. The Kier molecular flexibility index (Phi) is 4.90. The fourth-order valence-electron chi connectivity index (χ4n) is 1.35. The van der Waals surface area contributed by atoms with Crippen LogP contribution in [0.1, 0.15) is 13.8 Å². The van der Waals surface area contributed by atoms with Gasteiger partial charge in [0.15, 0.2) is 0 Å². The molecule has 2 unspecified atom stereocenters. The highest BCUT2D eigenvalue weighted by molar-refractivity contribution is 5.72. The van der Waals surface area contributed by atoms with Crippen molar-refractivity contribution in [2.45, 2.75) is 26.0 Å². The number of carbonyl (C=O) groups is 1. The second-order valence-electron chi connectivity index (χ2n) is 3.19. The second kappa shape index (κ2) is 5.16. The predicted octanol–water partition coefficient (Wildman–Crippen LogP) is 0.342. The summed E-state index contributed by atoms with van der Waals surface area (Å²) in [5, 5.41) is 8.74. The maximum Gasteiger partial charge on any atom is 0.320 e. The quantitative estimate of drug-likeness (QED) is 0.656. The molecular weight excluding hydrogens is 172 g/mol. The molecule has 0 radical (unpaired) electrons. The lowest BCUT2D eigenvalue weighted by Crippen LogP contribution is -2.48. The van der Waals surface area contributed by atoms with E-state index in [1.165, 1.54) is 0 Å². The Morgan fingerprint density at radius 1 is 1.69 bits per heavy atom. The van der Waals surface area contributed by atoms with Crippen LogP contribution in [0.4, 0.5) is 0 Å². The van der Waals surface area contributed by atoms with Gasteiger partial charge in [-0.1, -0.05) is 0 Å². The summed E-state index contributed by atoms with van der Waals surface area (Å²) in [5.41, 5.74) is 0. The van der Waals surface area contributed by atoms with Gasteiger partial charge in [0.25, 0.3) is 0 Å². The molecule has 0 bridgehead atoms. The first-order chi connectivity index (χ1) is 5.61. The number of carboxylic acids is 1. The monoisotopic (exact) mass is 190 g/mol. The van der Waals surface area contributed by atoms with E-state index in [2.05, 4.69) is 0 Å². The average molecular weight is 190 g/mol. The highest BCUT2D eigenvalue weighted by Crippen LogP contribution is 2.08. The molecule has 1 rings (SSSR count). The summed E-state index contributed by atoms with van der Waals surface area (Å²) in [4.78, 5) is 12.5. The Bertz CT molecular complexity index is 175. The molecule has 13 heavy (non-hydrogen) atoms. The van der Waals surface area contributed by atoms with Gasteiger partial charge in [0.1, 0.15) is 6.04 Å². The van der Waals surface area contributed by atoms with Crippen LogP contribution in [-0.4, -0.2) is 47.8 Å². The summed E-state index contributed by atoms with van der Waals surface area (Å²) in [5.74, 6) is -0.760. The Morgan fingerprint density at radius 2 is 2.31 bits per heavy atom. The molecule has 0 amide bonds. The zero-order chi connectivity index (χ0) is 9.14. The van der Waals surface area contributed by atoms with E-state index >= 15 is 0 Å². The minimum absolute atomic E-state index is 0. The van der Waals surface area contributed by atoms with Crippen LogP contribution in [0.3, 0.4) is 0 Å². The molecule has 0 saturated carbocycles. The fourth-order valence-corrected chi connectivity index (χ4v) is 1.35. The number of hydrogen-bond donors (Lipinski definition) is 2. The van der Waals surface area contributed by atoms with Gasteiger partial charge in [-0.05, 0) is 13.8 Å². The summed E-state index contributed by atoms with van der Waals surface area (Å²) in [6, 6.07) is -0.392. The summed E-state index contributed by atoms with van der Waals surface area (Å²) in [6.07, 6.45) is 0.153. The molecule has 4 N–H and O–H groups in total. The summed E-state index contributed by atoms with van der Waals surface area (Å²) < 4.78 is 5.30. The number of carboxylic acid groups (broad SMARTS) is 1. The topological polar surface area (TPSA) is 84.8 Å².